The van der Waals surface area contributed by atoms with Gasteiger partial charge in [0.15, 0.2) is 5.82 Å². The van der Waals surface area contributed by atoms with Crippen molar-refractivity contribution in [3.63, 3.8) is 0 Å². The van der Waals surface area contributed by atoms with Gasteiger partial charge in [-0.05, 0) is 25.1 Å². The molecule has 0 spiro atoms. The number of aromatic nitrogens is 3. The van der Waals surface area contributed by atoms with Crippen LogP contribution in [0.1, 0.15) is 11.3 Å². The zero-order valence-electron chi connectivity index (χ0n) is 9.60. The van der Waals surface area contributed by atoms with Crippen molar-refractivity contribution in [2.45, 2.75) is 6.92 Å². The Bertz CT molecular complexity index is 586. The van der Waals surface area contributed by atoms with Crippen LogP contribution in [0.2, 0.25) is 0 Å². The molecule has 2 aromatic rings. The number of nitrogens with zero attached hydrogens (tertiary/aromatic N) is 4. The summed E-state index contributed by atoms with van der Waals surface area (Å²) in [6, 6.07) is 7.55. The fourth-order valence-electron chi connectivity index (χ4n) is 1.55. The van der Waals surface area contributed by atoms with E-state index in [9.17, 15) is 0 Å². The first-order valence-corrected chi connectivity index (χ1v) is 5.14. The van der Waals surface area contributed by atoms with Crippen LogP contribution in [0.4, 0.5) is 5.82 Å². The van der Waals surface area contributed by atoms with Crippen molar-refractivity contribution in [1.29, 1.82) is 5.26 Å². The summed E-state index contributed by atoms with van der Waals surface area (Å²) in [6.07, 6.45) is 1.72. The highest BCUT2D eigenvalue weighted by atomic mass is 15.2. The van der Waals surface area contributed by atoms with E-state index in [-0.39, 0.29) is 0 Å². The molecular weight excluding hydrogens is 214 g/mol. The molecule has 0 atom stereocenters. The van der Waals surface area contributed by atoms with E-state index in [4.69, 9.17) is 5.26 Å². The average Bonchev–Trinajstić information content (AvgIpc) is 2.38. The van der Waals surface area contributed by atoms with Gasteiger partial charge in [-0.25, -0.2) is 0 Å². The normalized spacial score (nSPS) is 9.71. The van der Waals surface area contributed by atoms with Gasteiger partial charge in [0, 0.05) is 24.5 Å². The molecule has 0 aliphatic heterocycles. The predicted molar refractivity (Wildman–Crippen MR) is 64.3 cm³/mol. The summed E-state index contributed by atoms with van der Waals surface area (Å²) in [7, 11) is 1.71. The van der Waals surface area contributed by atoms with E-state index in [2.05, 4.69) is 26.6 Å². The van der Waals surface area contributed by atoms with Gasteiger partial charge < -0.3 is 5.32 Å². The topological polar surface area (TPSA) is 74.5 Å². The van der Waals surface area contributed by atoms with E-state index < -0.39 is 0 Å². The van der Waals surface area contributed by atoms with E-state index in [0.717, 1.165) is 11.3 Å². The molecule has 0 amide bonds. The zero-order valence-corrected chi connectivity index (χ0v) is 9.60. The fourth-order valence-corrected chi connectivity index (χ4v) is 1.55. The molecule has 84 valence electrons. The molecule has 2 aromatic heterocycles. The lowest BCUT2D eigenvalue weighted by Gasteiger charge is -2.05. The summed E-state index contributed by atoms with van der Waals surface area (Å²) in [6.45, 7) is 1.90. The fraction of sp³-hybridized carbons (Fsp3) is 0.167. The van der Waals surface area contributed by atoms with Crippen LogP contribution >= 0.6 is 0 Å². The second-order valence-electron chi connectivity index (χ2n) is 3.49. The summed E-state index contributed by atoms with van der Waals surface area (Å²) < 4.78 is 0. The molecule has 0 radical (unpaired) electrons. The van der Waals surface area contributed by atoms with Crippen molar-refractivity contribution < 1.29 is 0 Å². The van der Waals surface area contributed by atoms with Crippen molar-refractivity contribution in [3.8, 4) is 17.3 Å². The lowest BCUT2D eigenvalue weighted by atomic mass is 10.1. The second-order valence-corrected chi connectivity index (χ2v) is 3.49. The Morgan fingerprint density at radius 1 is 1.35 bits per heavy atom. The van der Waals surface area contributed by atoms with Gasteiger partial charge in [-0.3, -0.25) is 4.98 Å². The molecule has 0 bridgehead atoms. The van der Waals surface area contributed by atoms with E-state index in [1.165, 1.54) is 0 Å². The van der Waals surface area contributed by atoms with Crippen molar-refractivity contribution in [2.24, 2.45) is 0 Å². The number of hydrogen-bond acceptors (Lipinski definition) is 5. The molecule has 0 aromatic carbocycles. The molecule has 1 N–H and O–H groups in total. The largest absolute Gasteiger partial charge is 0.371 e. The number of anilines is 1. The molecule has 0 aliphatic carbocycles. The lowest BCUT2D eigenvalue weighted by molar-refractivity contribution is 1.02. The smallest absolute Gasteiger partial charge is 0.166 e. The minimum absolute atomic E-state index is 0.473. The molecule has 0 saturated heterocycles. The molecule has 2 rings (SSSR count). The third-order valence-electron chi connectivity index (χ3n) is 2.43. The molecule has 0 aliphatic rings. The Kier molecular flexibility index (Phi) is 2.97. The Morgan fingerprint density at radius 3 is 2.82 bits per heavy atom. The average molecular weight is 225 g/mol. The monoisotopic (exact) mass is 225 g/mol. The van der Waals surface area contributed by atoms with Crippen LogP contribution in [-0.2, 0) is 0 Å². The summed E-state index contributed by atoms with van der Waals surface area (Å²) in [4.78, 5) is 4.19. The molecular formula is C12H11N5. The first-order chi connectivity index (χ1) is 8.26. The van der Waals surface area contributed by atoms with Gasteiger partial charge in [0.25, 0.3) is 0 Å². The van der Waals surface area contributed by atoms with E-state index >= 15 is 0 Å². The minimum atomic E-state index is 0.473. The van der Waals surface area contributed by atoms with Crippen LogP contribution in [0.5, 0.6) is 0 Å². The van der Waals surface area contributed by atoms with Crippen LogP contribution in [0, 0.1) is 18.3 Å². The van der Waals surface area contributed by atoms with Gasteiger partial charge in [0.2, 0.25) is 0 Å². The molecule has 0 fully saturated rings. The van der Waals surface area contributed by atoms with Gasteiger partial charge in [0.05, 0.1) is 11.3 Å². The van der Waals surface area contributed by atoms with Gasteiger partial charge in [-0.2, -0.15) is 5.26 Å². The van der Waals surface area contributed by atoms with E-state index in [1.54, 1.807) is 19.3 Å². The predicted octanol–water partition coefficient (Wildman–Crippen LogP) is 1.76. The number of pyridine rings is 1. The van der Waals surface area contributed by atoms with Gasteiger partial charge in [-0.15, -0.1) is 10.2 Å². The maximum absolute atomic E-state index is 9.02. The number of hydrogen-bond donors (Lipinski definition) is 1. The molecule has 17 heavy (non-hydrogen) atoms. The highest BCUT2D eigenvalue weighted by Gasteiger charge is 2.09. The van der Waals surface area contributed by atoms with Crippen LogP contribution in [0.15, 0.2) is 24.4 Å². The highest BCUT2D eigenvalue weighted by molar-refractivity contribution is 5.65. The van der Waals surface area contributed by atoms with E-state index in [0.29, 0.717) is 17.1 Å². The maximum Gasteiger partial charge on any atom is 0.166 e. The molecule has 0 saturated carbocycles. The number of nitriles is 1. The van der Waals surface area contributed by atoms with Crippen LogP contribution < -0.4 is 5.32 Å². The lowest BCUT2D eigenvalue weighted by Crippen LogP contribution is -2.00. The first-order valence-electron chi connectivity index (χ1n) is 5.14. The summed E-state index contributed by atoms with van der Waals surface area (Å²) >= 11 is 0. The minimum Gasteiger partial charge on any atom is -0.371 e. The Hall–Kier alpha value is -2.48. The van der Waals surface area contributed by atoms with E-state index in [1.807, 2.05) is 19.1 Å². The SMILES string of the molecule is CNc1nnc(-c2cccnc2C)cc1C#N. The maximum atomic E-state index is 9.02. The van der Waals surface area contributed by atoms with Crippen LogP contribution in [-0.4, -0.2) is 22.2 Å². The van der Waals surface area contributed by atoms with Crippen LogP contribution in [0.25, 0.3) is 11.3 Å². The molecule has 0 unspecified atom stereocenters. The summed E-state index contributed by atoms with van der Waals surface area (Å²) in [5.74, 6) is 0.484. The number of rotatable bonds is 2. The Balaban J connectivity index is 2.55. The first kappa shape index (κ1) is 11.0. The summed E-state index contributed by atoms with van der Waals surface area (Å²) in [5, 5.41) is 19.9. The van der Waals surface area contributed by atoms with Gasteiger partial charge >= 0.3 is 0 Å². The third-order valence-corrected chi connectivity index (χ3v) is 2.43. The van der Waals surface area contributed by atoms with Crippen LogP contribution in [0.3, 0.4) is 0 Å². The van der Waals surface area contributed by atoms with Crippen molar-refractivity contribution in [1.82, 2.24) is 15.2 Å². The summed E-state index contributed by atoms with van der Waals surface area (Å²) in [5.41, 5.74) is 2.88. The number of aryl methyl sites for hydroxylation is 1. The molecule has 5 nitrogen and oxygen atoms in total. The highest BCUT2D eigenvalue weighted by Crippen LogP contribution is 2.21. The number of nitrogens with one attached hydrogen (secondary N) is 1. The molecule has 5 heteroatoms. The van der Waals surface area contributed by atoms with Crippen molar-refractivity contribution in [2.75, 3.05) is 12.4 Å². The standard InChI is InChI=1S/C12H11N5/c1-8-10(4-3-5-15-8)11-6-9(7-13)12(14-2)17-16-11/h3-6H,1-2H3,(H,14,17). The zero-order chi connectivity index (χ0) is 12.3. The second kappa shape index (κ2) is 4.58. The molecule has 2 heterocycles. The quantitative estimate of drug-likeness (QED) is 0.842. The third kappa shape index (κ3) is 2.06. The Morgan fingerprint density at radius 2 is 2.18 bits per heavy atom. The Labute approximate surface area is 99.2 Å². The van der Waals surface area contributed by atoms with Gasteiger partial charge in [-0.1, -0.05) is 0 Å². The van der Waals surface area contributed by atoms with Crippen molar-refractivity contribution in [3.05, 3.63) is 35.7 Å². The van der Waals surface area contributed by atoms with Gasteiger partial charge in [0.1, 0.15) is 6.07 Å². The van der Waals surface area contributed by atoms with Crippen molar-refractivity contribution >= 4 is 5.82 Å².